The molecular weight excluding hydrogens is 410 g/mol. The molecule has 0 unspecified atom stereocenters. The molecule has 1 aliphatic heterocycles. The Bertz CT molecular complexity index is 1080. The summed E-state index contributed by atoms with van der Waals surface area (Å²) < 4.78 is 0. The molecule has 0 bridgehead atoms. The standard InChI is InChI=1S/C24H21N3O3S/c1-31-20-15-9-8-14-19(20)25-21(28)16-27-22(29)24(26-23(27)30,17-10-4-2-5-11-17)18-12-6-3-7-13-18/h2-15H,16H2,1H3,(H,25,28)(H,26,30). The molecule has 31 heavy (non-hydrogen) atoms. The van der Waals surface area contributed by atoms with Crippen molar-refractivity contribution in [2.45, 2.75) is 10.4 Å². The third-order valence-corrected chi connectivity index (χ3v) is 6.00. The molecule has 0 atom stereocenters. The highest BCUT2D eigenvalue weighted by Crippen LogP contribution is 2.36. The van der Waals surface area contributed by atoms with E-state index >= 15 is 0 Å². The average Bonchev–Trinajstić information content (AvgIpc) is 3.06. The average molecular weight is 432 g/mol. The number of nitrogens with zero attached hydrogens (tertiary/aromatic N) is 1. The number of para-hydroxylation sites is 1. The number of rotatable bonds is 6. The number of amides is 4. The molecule has 4 rings (SSSR count). The normalized spacial score (nSPS) is 14.9. The topological polar surface area (TPSA) is 78.5 Å². The lowest BCUT2D eigenvalue weighted by atomic mass is 9.82. The van der Waals surface area contributed by atoms with Crippen LogP contribution in [0.3, 0.4) is 0 Å². The Balaban J connectivity index is 1.64. The second kappa shape index (κ2) is 8.65. The van der Waals surface area contributed by atoms with Crippen molar-refractivity contribution in [1.29, 1.82) is 0 Å². The molecule has 7 heteroatoms. The van der Waals surface area contributed by atoms with E-state index in [0.29, 0.717) is 16.8 Å². The summed E-state index contributed by atoms with van der Waals surface area (Å²) in [5.41, 5.74) is 0.534. The number of hydrogen-bond acceptors (Lipinski definition) is 4. The zero-order chi connectivity index (χ0) is 21.8. The number of thioether (sulfide) groups is 1. The molecular formula is C24H21N3O3S. The molecule has 3 aromatic rings. The van der Waals surface area contributed by atoms with Crippen LogP contribution in [0.5, 0.6) is 0 Å². The molecule has 6 nitrogen and oxygen atoms in total. The summed E-state index contributed by atoms with van der Waals surface area (Å²) in [5.74, 6) is -0.926. The lowest BCUT2D eigenvalue weighted by molar-refractivity contribution is -0.133. The smallest absolute Gasteiger partial charge is 0.324 e. The first kappa shape index (κ1) is 20.7. The summed E-state index contributed by atoms with van der Waals surface area (Å²) in [6.07, 6.45) is 1.91. The van der Waals surface area contributed by atoms with Crippen LogP contribution in [0.2, 0.25) is 0 Å². The van der Waals surface area contributed by atoms with Gasteiger partial charge in [0.25, 0.3) is 5.91 Å². The fourth-order valence-corrected chi connectivity index (χ4v) is 4.29. The summed E-state index contributed by atoms with van der Waals surface area (Å²) in [6.45, 7) is -0.380. The van der Waals surface area contributed by atoms with Gasteiger partial charge in [0.2, 0.25) is 5.91 Å². The maximum Gasteiger partial charge on any atom is 0.326 e. The van der Waals surface area contributed by atoms with Gasteiger partial charge < -0.3 is 10.6 Å². The fourth-order valence-electron chi connectivity index (χ4n) is 3.74. The van der Waals surface area contributed by atoms with Gasteiger partial charge in [-0.3, -0.25) is 14.5 Å². The molecule has 4 amide bonds. The molecule has 1 fully saturated rings. The van der Waals surface area contributed by atoms with Gasteiger partial charge >= 0.3 is 6.03 Å². The number of benzene rings is 3. The van der Waals surface area contributed by atoms with Gasteiger partial charge in [0.15, 0.2) is 5.54 Å². The van der Waals surface area contributed by atoms with E-state index in [2.05, 4.69) is 10.6 Å². The summed E-state index contributed by atoms with van der Waals surface area (Å²) in [5, 5.41) is 5.65. The van der Waals surface area contributed by atoms with E-state index in [1.54, 1.807) is 30.3 Å². The fraction of sp³-hybridized carbons (Fsp3) is 0.125. The molecule has 1 aliphatic rings. The van der Waals surface area contributed by atoms with Crippen molar-refractivity contribution >= 4 is 35.3 Å². The number of imide groups is 1. The van der Waals surface area contributed by atoms with Crippen LogP contribution in [0.25, 0.3) is 0 Å². The van der Waals surface area contributed by atoms with Gasteiger partial charge in [-0.15, -0.1) is 11.8 Å². The lowest BCUT2D eigenvalue weighted by Crippen LogP contribution is -2.45. The summed E-state index contributed by atoms with van der Waals surface area (Å²) in [4.78, 5) is 41.1. The zero-order valence-electron chi connectivity index (χ0n) is 16.9. The first-order valence-corrected chi connectivity index (χ1v) is 11.0. The Hall–Kier alpha value is -3.58. The van der Waals surface area contributed by atoms with Crippen LogP contribution in [-0.4, -0.2) is 35.5 Å². The van der Waals surface area contributed by atoms with Crippen molar-refractivity contribution in [3.63, 3.8) is 0 Å². The maximum absolute atomic E-state index is 13.6. The predicted octanol–water partition coefficient (Wildman–Crippen LogP) is 3.84. The van der Waals surface area contributed by atoms with Gasteiger partial charge in [0.1, 0.15) is 6.54 Å². The number of urea groups is 1. The van der Waals surface area contributed by atoms with Crippen LogP contribution in [0, 0.1) is 0 Å². The summed E-state index contributed by atoms with van der Waals surface area (Å²) in [7, 11) is 0. The zero-order valence-corrected chi connectivity index (χ0v) is 17.7. The Kier molecular flexibility index (Phi) is 5.77. The van der Waals surface area contributed by atoms with Crippen molar-refractivity contribution in [3.8, 4) is 0 Å². The monoisotopic (exact) mass is 431 g/mol. The molecule has 0 aromatic heterocycles. The van der Waals surface area contributed by atoms with E-state index in [9.17, 15) is 14.4 Å². The van der Waals surface area contributed by atoms with E-state index in [0.717, 1.165) is 9.80 Å². The van der Waals surface area contributed by atoms with Crippen LogP contribution >= 0.6 is 11.8 Å². The van der Waals surface area contributed by atoms with Crippen LogP contribution in [-0.2, 0) is 15.1 Å². The van der Waals surface area contributed by atoms with E-state index in [-0.39, 0.29) is 6.54 Å². The Morgan fingerprint density at radius 2 is 1.45 bits per heavy atom. The predicted molar refractivity (Wildman–Crippen MR) is 121 cm³/mol. The van der Waals surface area contributed by atoms with Gasteiger partial charge in [0.05, 0.1) is 5.69 Å². The molecule has 0 saturated carbocycles. The third-order valence-electron chi connectivity index (χ3n) is 5.20. The van der Waals surface area contributed by atoms with E-state index < -0.39 is 23.4 Å². The molecule has 1 heterocycles. The lowest BCUT2D eigenvalue weighted by Gasteiger charge is -2.28. The van der Waals surface area contributed by atoms with Crippen LogP contribution in [0.15, 0.2) is 89.8 Å². The van der Waals surface area contributed by atoms with Crippen LogP contribution in [0.4, 0.5) is 10.5 Å². The van der Waals surface area contributed by atoms with Crippen molar-refractivity contribution in [2.24, 2.45) is 0 Å². The highest BCUT2D eigenvalue weighted by molar-refractivity contribution is 7.98. The molecule has 156 valence electrons. The largest absolute Gasteiger partial charge is 0.326 e. The third kappa shape index (κ3) is 3.80. The Labute approximate surface area is 184 Å². The Morgan fingerprint density at radius 3 is 2.03 bits per heavy atom. The molecule has 2 N–H and O–H groups in total. The SMILES string of the molecule is CSc1ccccc1NC(=O)CN1C(=O)NC(c2ccccc2)(c2ccccc2)C1=O. The van der Waals surface area contributed by atoms with Gasteiger partial charge in [-0.1, -0.05) is 72.8 Å². The van der Waals surface area contributed by atoms with E-state index in [4.69, 9.17) is 0 Å². The van der Waals surface area contributed by atoms with Gasteiger partial charge in [-0.2, -0.15) is 0 Å². The molecule has 1 saturated heterocycles. The van der Waals surface area contributed by atoms with E-state index in [1.807, 2.05) is 60.9 Å². The minimum absolute atomic E-state index is 0.380. The van der Waals surface area contributed by atoms with Crippen LogP contribution < -0.4 is 10.6 Å². The van der Waals surface area contributed by atoms with Gasteiger partial charge in [-0.05, 0) is 29.5 Å². The first-order valence-electron chi connectivity index (χ1n) is 9.74. The molecule has 3 aromatic carbocycles. The molecule has 0 radical (unpaired) electrons. The second-order valence-electron chi connectivity index (χ2n) is 7.05. The Morgan fingerprint density at radius 1 is 0.903 bits per heavy atom. The van der Waals surface area contributed by atoms with E-state index in [1.165, 1.54) is 11.8 Å². The quantitative estimate of drug-likeness (QED) is 0.459. The maximum atomic E-state index is 13.6. The van der Waals surface area contributed by atoms with Crippen molar-refractivity contribution in [1.82, 2.24) is 10.2 Å². The molecule has 0 spiro atoms. The molecule has 0 aliphatic carbocycles. The van der Waals surface area contributed by atoms with Crippen molar-refractivity contribution in [3.05, 3.63) is 96.1 Å². The van der Waals surface area contributed by atoms with Crippen molar-refractivity contribution < 1.29 is 14.4 Å². The van der Waals surface area contributed by atoms with Crippen molar-refractivity contribution in [2.75, 3.05) is 18.1 Å². The minimum atomic E-state index is -1.38. The van der Waals surface area contributed by atoms with Gasteiger partial charge in [-0.25, -0.2) is 4.79 Å². The number of carbonyl (C=O) groups excluding carboxylic acids is 3. The number of hydrogen-bond donors (Lipinski definition) is 2. The minimum Gasteiger partial charge on any atom is -0.324 e. The first-order chi connectivity index (χ1) is 15.1. The second-order valence-corrected chi connectivity index (χ2v) is 7.90. The summed E-state index contributed by atoms with van der Waals surface area (Å²) in [6, 6.07) is 24.9. The summed E-state index contributed by atoms with van der Waals surface area (Å²) >= 11 is 1.50. The highest BCUT2D eigenvalue weighted by atomic mass is 32.2. The highest BCUT2D eigenvalue weighted by Gasteiger charge is 2.54. The number of anilines is 1. The number of nitrogens with one attached hydrogen (secondary N) is 2. The van der Waals surface area contributed by atoms with Crippen LogP contribution in [0.1, 0.15) is 11.1 Å². The van der Waals surface area contributed by atoms with Gasteiger partial charge in [0, 0.05) is 4.90 Å². The number of carbonyl (C=O) groups is 3.